The Labute approximate surface area is 124 Å². The van der Waals surface area contributed by atoms with Gasteiger partial charge in [0.2, 0.25) is 0 Å². The maximum absolute atomic E-state index is 14.2. The van der Waals surface area contributed by atoms with Crippen molar-refractivity contribution in [1.82, 2.24) is 4.57 Å². The number of rotatable bonds is 2. The summed E-state index contributed by atoms with van der Waals surface area (Å²) in [4.78, 5) is 23.7. The van der Waals surface area contributed by atoms with E-state index in [2.05, 4.69) is 0 Å². The highest BCUT2D eigenvalue weighted by atomic mass is 19.2. The van der Waals surface area contributed by atoms with E-state index in [1.54, 1.807) is 24.3 Å². The average Bonchev–Trinajstić information content (AvgIpc) is 2.54. The van der Waals surface area contributed by atoms with Crippen molar-refractivity contribution in [2.75, 3.05) is 0 Å². The Morgan fingerprint density at radius 3 is 2.36 bits per heavy atom. The molecule has 5 heteroatoms. The van der Waals surface area contributed by atoms with E-state index in [4.69, 9.17) is 0 Å². The number of pyridine rings is 1. The van der Waals surface area contributed by atoms with E-state index in [0.717, 1.165) is 10.6 Å². The number of benzene rings is 2. The Hall–Kier alpha value is -2.82. The SMILES string of the molecule is Cn1c(C=O)c(-c2cccc(F)c2F)c2ccccc2c1=O. The smallest absolute Gasteiger partial charge is 0.258 e. The summed E-state index contributed by atoms with van der Waals surface area (Å²) in [6.07, 6.45) is 0.480. The zero-order chi connectivity index (χ0) is 15.9. The minimum absolute atomic E-state index is 0.00759. The van der Waals surface area contributed by atoms with Gasteiger partial charge in [-0.1, -0.05) is 30.3 Å². The molecule has 0 unspecified atom stereocenters. The van der Waals surface area contributed by atoms with Crippen molar-refractivity contribution in [3.63, 3.8) is 0 Å². The molecule has 0 aliphatic carbocycles. The van der Waals surface area contributed by atoms with E-state index in [0.29, 0.717) is 17.1 Å². The molecule has 0 fully saturated rings. The van der Waals surface area contributed by atoms with Crippen LogP contribution in [0, 0.1) is 11.6 Å². The van der Waals surface area contributed by atoms with Gasteiger partial charge in [0.05, 0.1) is 5.69 Å². The number of hydrogen-bond acceptors (Lipinski definition) is 2. The monoisotopic (exact) mass is 299 g/mol. The molecule has 0 spiro atoms. The third-order valence-electron chi connectivity index (χ3n) is 3.68. The Balaban J connectivity index is 2.58. The molecular formula is C17H11F2NO2. The largest absolute Gasteiger partial charge is 0.308 e. The third kappa shape index (κ3) is 1.94. The predicted octanol–water partition coefficient (Wildman–Crippen LogP) is 3.30. The van der Waals surface area contributed by atoms with Gasteiger partial charge in [-0.2, -0.15) is 0 Å². The molecule has 0 saturated carbocycles. The molecule has 3 aromatic rings. The minimum atomic E-state index is -1.05. The quantitative estimate of drug-likeness (QED) is 0.681. The van der Waals surface area contributed by atoms with Gasteiger partial charge >= 0.3 is 0 Å². The Morgan fingerprint density at radius 1 is 1.00 bits per heavy atom. The van der Waals surface area contributed by atoms with Gasteiger partial charge in [0, 0.05) is 23.6 Å². The summed E-state index contributed by atoms with van der Waals surface area (Å²) in [5, 5.41) is 0.756. The predicted molar refractivity (Wildman–Crippen MR) is 79.9 cm³/mol. The number of aromatic nitrogens is 1. The fourth-order valence-corrected chi connectivity index (χ4v) is 2.60. The average molecular weight is 299 g/mol. The number of fused-ring (bicyclic) bond motifs is 1. The highest BCUT2D eigenvalue weighted by molar-refractivity contribution is 6.03. The molecule has 3 nitrogen and oxygen atoms in total. The maximum atomic E-state index is 14.2. The molecule has 0 saturated heterocycles. The molecule has 0 aliphatic heterocycles. The number of carbonyl (C=O) groups excluding carboxylic acids is 1. The van der Waals surface area contributed by atoms with Crippen LogP contribution in [0.3, 0.4) is 0 Å². The zero-order valence-electron chi connectivity index (χ0n) is 11.6. The molecule has 0 amide bonds. The fraction of sp³-hybridized carbons (Fsp3) is 0.0588. The molecule has 1 aromatic heterocycles. The molecule has 0 bridgehead atoms. The van der Waals surface area contributed by atoms with Crippen LogP contribution < -0.4 is 5.56 Å². The molecular weight excluding hydrogens is 288 g/mol. The van der Waals surface area contributed by atoms with Gasteiger partial charge in [0.25, 0.3) is 5.56 Å². The van der Waals surface area contributed by atoms with Gasteiger partial charge in [-0.25, -0.2) is 8.78 Å². The molecule has 110 valence electrons. The van der Waals surface area contributed by atoms with Crippen LogP contribution in [0.4, 0.5) is 8.78 Å². The molecule has 0 aliphatic rings. The summed E-state index contributed by atoms with van der Waals surface area (Å²) in [5.74, 6) is -2.05. The number of nitrogens with zero attached hydrogens (tertiary/aromatic N) is 1. The molecule has 0 radical (unpaired) electrons. The van der Waals surface area contributed by atoms with E-state index >= 15 is 0 Å². The van der Waals surface area contributed by atoms with E-state index in [-0.39, 0.29) is 22.4 Å². The summed E-state index contributed by atoms with van der Waals surface area (Å²) in [5.41, 5.74) is -0.190. The molecule has 2 aromatic carbocycles. The minimum Gasteiger partial charge on any atom is -0.308 e. The van der Waals surface area contributed by atoms with Gasteiger partial charge in [0.1, 0.15) is 0 Å². The Kier molecular flexibility index (Phi) is 3.33. The molecule has 0 atom stereocenters. The Bertz CT molecular complexity index is 961. The van der Waals surface area contributed by atoms with Crippen LogP contribution in [-0.4, -0.2) is 10.9 Å². The van der Waals surface area contributed by atoms with Crippen LogP contribution in [0.1, 0.15) is 10.5 Å². The number of halogens is 2. The number of hydrogen-bond donors (Lipinski definition) is 0. The van der Waals surface area contributed by atoms with Crippen LogP contribution in [0.15, 0.2) is 47.3 Å². The first-order valence-corrected chi connectivity index (χ1v) is 6.57. The zero-order valence-corrected chi connectivity index (χ0v) is 11.6. The second-order valence-electron chi connectivity index (χ2n) is 4.89. The van der Waals surface area contributed by atoms with E-state index in [9.17, 15) is 18.4 Å². The highest BCUT2D eigenvalue weighted by Crippen LogP contribution is 2.32. The standard InChI is InChI=1S/C17H11F2NO2/c1-20-14(9-21)15(12-7-4-8-13(18)16(12)19)10-5-2-3-6-11(10)17(20)22/h2-9H,1H3. The first-order chi connectivity index (χ1) is 10.6. The van der Waals surface area contributed by atoms with Crippen molar-refractivity contribution in [3.05, 3.63) is 70.1 Å². The summed E-state index contributed by atoms with van der Waals surface area (Å²) in [6, 6.07) is 10.3. The van der Waals surface area contributed by atoms with Crippen LogP contribution in [0.2, 0.25) is 0 Å². The van der Waals surface area contributed by atoms with Crippen molar-refractivity contribution in [3.8, 4) is 11.1 Å². The van der Waals surface area contributed by atoms with E-state index < -0.39 is 11.6 Å². The topological polar surface area (TPSA) is 39.1 Å². The van der Waals surface area contributed by atoms with Crippen molar-refractivity contribution in [1.29, 1.82) is 0 Å². The van der Waals surface area contributed by atoms with Crippen LogP contribution in [0.25, 0.3) is 21.9 Å². The van der Waals surface area contributed by atoms with Gasteiger partial charge in [-0.05, 0) is 17.5 Å². The molecule has 0 N–H and O–H groups in total. The second-order valence-corrected chi connectivity index (χ2v) is 4.89. The van der Waals surface area contributed by atoms with Crippen molar-refractivity contribution in [2.45, 2.75) is 0 Å². The second kappa shape index (κ2) is 5.18. The van der Waals surface area contributed by atoms with Crippen molar-refractivity contribution < 1.29 is 13.6 Å². The van der Waals surface area contributed by atoms with Gasteiger partial charge in [-0.3, -0.25) is 9.59 Å². The first kappa shape index (κ1) is 14.1. The highest BCUT2D eigenvalue weighted by Gasteiger charge is 2.19. The lowest BCUT2D eigenvalue weighted by molar-refractivity contribution is 0.111. The van der Waals surface area contributed by atoms with E-state index in [1.165, 1.54) is 19.2 Å². The lowest BCUT2D eigenvalue weighted by Gasteiger charge is -2.14. The summed E-state index contributed by atoms with van der Waals surface area (Å²) >= 11 is 0. The molecule has 22 heavy (non-hydrogen) atoms. The first-order valence-electron chi connectivity index (χ1n) is 6.57. The Morgan fingerprint density at radius 2 is 1.68 bits per heavy atom. The van der Waals surface area contributed by atoms with Crippen LogP contribution >= 0.6 is 0 Å². The van der Waals surface area contributed by atoms with Crippen LogP contribution in [0.5, 0.6) is 0 Å². The van der Waals surface area contributed by atoms with Gasteiger partial charge in [-0.15, -0.1) is 0 Å². The van der Waals surface area contributed by atoms with Crippen molar-refractivity contribution in [2.24, 2.45) is 7.05 Å². The molecule has 3 rings (SSSR count). The molecule has 1 heterocycles. The van der Waals surface area contributed by atoms with Gasteiger partial charge in [0.15, 0.2) is 17.9 Å². The summed E-state index contributed by atoms with van der Waals surface area (Å²) in [7, 11) is 1.43. The lowest BCUT2D eigenvalue weighted by Crippen LogP contribution is -2.21. The normalized spacial score (nSPS) is 10.9. The van der Waals surface area contributed by atoms with Crippen molar-refractivity contribution >= 4 is 17.1 Å². The maximum Gasteiger partial charge on any atom is 0.258 e. The fourth-order valence-electron chi connectivity index (χ4n) is 2.60. The van der Waals surface area contributed by atoms with Gasteiger partial charge < -0.3 is 4.57 Å². The summed E-state index contributed by atoms with van der Waals surface area (Å²) in [6.45, 7) is 0. The lowest BCUT2D eigenvalue weighted by atomic mass is 9.96. The van der Waals surface area contributed by atoms with Crippen LogP contribution in [-0.2, 0) is 7.05 Å². The summed E-state index contributed by atoms with van der Waals surface area (Å²) < 4.78 is 28.9. The number of aldehydes is 1. The van der Waals surface area contributed by atoms with E-state index in [1.807, 2.05) is 0 Å². The number of carbonyl (C=O) groups is 1. The third-order valence-corrected chi connectivity index (χ3v) is 3.68.